The molecule has 2 aliphatic rings. The molecule has 0 radical (unpaired) electrons. The number of hydroxylamine groups is 2. The summed E-state index contributed by atoms with van der Waals surface area (Å²) in [6.07, 6.45) is 4.98. The summed E-state index contributed by atoms with van der Waals surface area (Å²) in [4.78, 5) is 11.4. The van der Waals surface area contributed by atoms with Gasteiger partial charge in [0.25, 0.3) is 0 Å². The quantitative estimate of drug-likeness (QED) is 0.926. The third-order valence-electron chi connectivity index (χ3n) is 5.17. The summed E-state index contributed by atoms with van der Waals surface area (Å²) in [7, 11) is 0. The Morgan fingerprint density at radius 1 is 1.12 bits per heavy atom. The SMILES string of the molecule is CC1CCN(c2ccc(Nc3ncc4c(n3)CCN([O-])C4)cc2)CC1. The van der Waals surface area contributed by atoms with Crippen LogP contribution in [0.15, 0.2) is 30.5 Å². The summed E-state index contributed by atoms with van der Waals surface area (Å²) in [5.74, 6) is 1.43. The molecule has 0 bridgehead atoms. The molecule has 1 fully saturated rings. The van der Waals surface area contributed by atoms with Gasteiger partial charge in [-0.05, 0) is 49.6 Å². The van der Waals surface area contributed by atoms with Crippen molar-refractivity contribution < 1.29 is 0 Å². The van der Waals surface area contributed by atoms with Crippen molar-refractivity contribution in [2.45, 2.75) is 32.7 Å². The Hall–Kier alpha value is -2.18. The number of piperidine rings is 1. The van der Waals surface area contributed by atoms with E-state index in [4.69, 9.17) is 0 Å². The van der Waals surface area contributed by atoms with Crippen LogP contribution < -0.4 is 10.2 Å². The molecule has 0 saturated carbocycles. The monoisotopic (exact) mass is 338 g/mol. The summed E-state index contributed by atoms with van der Waals surface area (Å²) in [6.45, 7) is 5.50. The maximum Gasteiger partial charge on any atom is 0.227 e. The van der Waals surface area contributed by atoms with E-state index >= 15 is 0 Å². The Balaban J connectivity index is 1.43. The standard InChI is InChI=1S/C19H24N5O/c1-14-6-9-23(10-7-14)17-4-2-16(3-5-17)21-19-20-12-15-13-24(25)11-8-18(15)22-19/h2-5,12,14H,6-11,13H2,1H3,(H,20,21,22)/q-1. The molecule has 0 atom stereocenters. The average Bonchev–Trinajstić information content (AvgIpc) is 2.63. The molecule has 0 unspecified atom stereocenters. The molecule has 3 heterocycles. The molecule has 6 heteroatoms. The first kappa shape index (κ1) is 16.3. The van der Waals surface area contributed by atoms with Gasteiger partial charge in [-0.25, -0.2) is 9.97 Å². The first-order valence-electron chi connectivity index (χ1n) is 9.06. The fraction of sp³-hybridized carbons (Fsp3) is 0.474. The lowest BCUT2D eigenvalue weighted by Crippen LogP contribution is -2.32. The second kappa shape index (κ2) is 6.98. The Labute approximate surface area is 148 Å². The maximum atomic E-state index is 11.4. The van der Waals surface area contributed by atoms with Crippen LogP contribution >= 0.6 is 0 Å². The molecule has 0 amide bonds. The molecule has 4 rings (SSSR count). The van der Waals surface area contributed by atoms with Crippen LogP contribution in [0.3, 0.4) is 0 Å². The van der Waals surface area contributed by atoms with E-state index in [0.717, 1.165) is 41.0 Å². The summed E-state index contributed by atoms with van der Waals surface area (Å²) < 4.78 is 0. The van der Waals surface area contributed by atoms with Crippen LogP contribution in [0.4, 0.5) is 17.3 Å². The van der Waals surface area contributed by atoms with Crippen LogP contribution in [0.5, 0.6) is 0 Å². The minimum absolute atomic E-state index is 0.388. The van der Waals surface area contributed by atoms with Crippen LogP contribution in [0.1, 0.15) is 31.0 Å². The smallest absolute Gasteiger partial charge is 0.227 e. The third-order valence-corrected chi connectivity index (χ3v) is 5.17. The number of rotatable bonds is 3. The highest BCUT2D eigenvalue weighted by atomic mass is 16.5. The lowest BCUT2D eigenvalue weighted by Gasteiger charge is -2.32. The number of nitrogens with one attached hydrogen (secondary N) is 1. The zero-order chi connectivity index (χ0) is 17.2. The molecule has 132 valence electrons. The number of benzene rings is 1. The van der Waals surface area contributed by atoms with Gasteiger partial charge in [0.1, 0.15) is 0 Å². The summed E-state index contributed by atoms with van der Waals surface area (Å²) in [6, 6.07) is 8.48. The van der Waals surface area contributed by atoms with Crippen molar-refractivity contribution in [2.24, 2.45) is 5.92 Å². The van der Waals surface area contributed by atoms with E-state index in [2.05, 4.69) is 51.4 Å². The first-order chi connectivity index (χ1) is 12.2. The van der Waals surface area contributed by atoms with E-state index < -0.39 is 0 Å². The number of fused-ring (bicyclic) bond motifs is 1. The Morgan fingerprint density at radius 2 is 1.88 bits per heavy atom. The number of aromatic nitrogens is 2. The van der Waals surface area contributed by atoms with Crippen molar-refractivity contribution in [2.75, 3.05) is 29.9 Å². The molecule has 0 spiro atoms. The highest BCUT2D eigenvalue weighted by molar-refractivity contribution is 5.59. The zero-order valence-corrected chi connectivity index (χ0v) is 14.6. The molecule has 2 aromatic rings. The second-order valence-corrected chi connectivity index (χ2v) is 7.12. The molecule has 2 aliphatic heterocycles. The van der Waals surface area contributed by atoms with E-state index in [0.29, 0.717) is 25.5 Å². The largest absolute Gasteiger partial charge is 0.785 e. The van der Waals surface area contributed by atoms with Crippen LogP contribution in [-0.4, -0.2) is 34.7 Å². The van der Waals surface area contributed by atoms with E-state index in [1.807, 2.05) is 0 Å². The fourth-order valence-electron chi connectivity index (χ4n) is 3.50. The third kappa shape index (κ3) is 3.75. The van der Waals surface area contributed by atoms with Crippen LogP contribution in [0, 0.1) is 11.1 Å². The second-order valence-electron chi connectivity index (χ2n) is 7.12. The lowest BCUT2D eigenvalue weighted by molar-refractivity contribution is 0.350. The highest BCUT2D eigenvalue weighted by Gasteiger charge is 2.16. The molecule has 6 nitrogen and oxygen atoms in total. The molecule has 1 aromatic heterocycles. The van der Waals surface area contributed by atoms with Gasteiger partial charge in [0, 0.05) is 49.2 Å². The van der Waals surface area contributed by atoms with Gasteiger partial charge in [-0.3, -0.25) is 0 Å². The van der Waals surface area contributed by atoms with Gasteiger partial charge >= 0.3 is 0 Å². The average molecular weight is 338 g/mol. The van der Waals surface area contributed by atoms with Crippen molar-refractivity contribution in [1.82, 2.24) is 15.0 Å². The number of anilines is 3. The lowest BCUT2D eigenvalue weighted by atomic mass is 9.99. The van der Waals surface area contributed by atoms with Crippen molar-refractivity contribution in [3.8, 4) is 0 Å². The number of hydrogen-bond acceptors (Lipinski definition) is 6. The van der Waals surface area contributed by atoms with Gasteiger partial charge in [-0.2, -0.15) is 0 Å². The van der Waals surface area contributed by atoms with Gasteiger partial charge in [0.2, 0.25) is 5.95 Å². The van der Waals surface area contributed by atoms with Gasteiger partial charge in [0.15, 0.2) is 0 Å². The van der Waals surface area contributed by atoms with E-state index in [9.17, 15) is 5.21 Å². The van der Waals surface area contributed by atoms with Crippen LogP contribution in [-0.2, 0) is 13.0 Å². The predicted molar refractivity (Wildman–Crippen MR) is 99.8 cm³/mol. The number of nitrogens with zero attached hydrogens (tertiary/aromatic N) is 4. The topological polar surface area (TPSA) is 67.3 Å². The van der Waals surface area contributed by atoms with Crippen molar-refractivity contribution in [1.29, 1.82) is 0 Å². The normalized spacial score (nSPS) is 18.9. The molecule has 25 heavy (non-hydrogen) atoms. The van der Waals surface area contributed by atoms with Crippen LogP contribution in [0.2, 0.25) is 0 Å². The van der Waals surface area contributed by atoms with E-state index in [1.165, 1.54) is 18.5 Å². The van der Waals surface area contributed by atoms with Crippen molar-refractivity contribution >= 4 is 17.3 Å². The van der Waals surface area contributed by atoms with Gasteiger partial charge in [0.05, 0.1) is 5.69 Å². The van der Waals surface area contributed by atoms with E-state index in [1.54, 1.807) is 6.20 Å². The number of hydrogen-bond donors (Lipinski definition) is 1. The van der Waals surface area contributed by atoms with Gasteiger partial charge in [-0.15, -0.1) is 0 Å². The van der Waals surface area contributed by atoms with Gasteiger partial charge in [-0.1, -0.05) is 6.92 Å². The van der Waals surface area contributed by atoms with Gasteiger partial charge < -0.3 is 20.5 Å². The fourth-order valence-corrected chi connectivity index (χ4v) is 3.50. The Bertz CT molecular complexity index is 725. The van der Waals surface area contributed by atoms with Crippen molar-refractivity contribution in [3.63, 3.8) is 0 Å². The minimum Gasteiger partial charge on any atom is -0.785 e. The summed E-state index contributed by atoms with van der Waals surface area (Å²) >= 11 is 0. The Kier molecular flexibility index (Phi) is 4.55. The highest BCUT2D eigenvalue weighted by Crippen LogP contribution is 2.25. The zero-order valence-electron chi connectivity index (χ0n) is 14.6. The first-order valence-corrected chi connectivity index (χ1v) is 9.06. The summed E-state index contributed by atoms with van der Waals surface area (Å²) in [5.41, 5.74) is 4.17. The molecular weight excluding hydrogens is 314 g/mol. The molecule has 0 aliphatic carbocycles. The van der Waals surface area contributed by atoms with Crippen LogP contribution in [0.25, 0.3) is 0 Å². The molecule has 1 N–H and O–H groups in total. The van der Waals surface area contributed by atoms with Crippen molar-refractivity contribution in [3.05, 3.63) is 46.9 Å². The van der Waals surface area contributed by atoms with E-state index in [-0.39, 0.29) is 0 Å². The Morgan fingerprint density at radius 3 is 2.64 bits per heavy atom. The maximum absolute atomic E-state index is 11.4. The molecule has 1 saturated heterocycles. The molecular formula is C19H24N5O-. The minimum atomic E-state index is 0.388. The molecule has 1 aromatic carbocycles. The summed E-state index contributed by atoms with van der Waals surface area (Å²) in [5, 5.41) is 15.7. The predicted octanol–water partition coefficient (Wildman–Crippen LogP) is 3.31.